The van der Waals surface area contributed by atoms with Crippen LogP contribution in [0.25, 0.3) is 0 Å². The quantitative estimate of drug-likeness (QED) is 0.886. The van der Waals surface area contributed by atoms with E-state index in [2.05, 4.69) is 13.8 Å². The zero-order valence-electron chi connectivity index (χ0n) is 13.9. The minimum absolute atomic E-state index is 0.203. The molecule has 0 aromatic heterocycles. The zero-order valence-corrected chi connectivity index (χ0v) is 13.9. The van der Waals surface area contributed by atoms with Gasteiger partial charge < -0.3 is 9.80 Å². The van der Waals surface area contributed by atoms with E-state index in [1.807, 2.05) is 35.2 Å². The van der Waals surface area contributed by atoms with Gasteiger partial charge >= 0.3 is 0 Å². The van der Waals surface area contributed by atoms with Gasteiger partial charge in [-0.2, -0.15) is 0 Å². The molecular formula is C19H29N2O+. The van der Waals surface area contributed by atoms with Gasteiger partial charge in [0.2, 0.25) is 0 Å². The van der Waals surface area contributed by atoms with Crippen molar-refractivity contribution < 1.29 is 9.69 Å². The number of carbonyl (C=O) groups is 1. The van der Waals surface area contributed by atoms with E-state index in [-0.39, 0.29) is 5.91 Å². The van der Waals surface area contributed by atoms with E-state index < -0.39 is 0 Å². The summed E-state index contributed by atoms with van der Waals surface area (Å²) in [5, 5.41) is 0. The summed E-state index contributed by atoms with van der Waals surface area (Å²) < 4.78 is 0. The third kappa shape index (κ3) is 3.52. The second-order valence-electron chi connectivity index (χ2n) is 7.45. The van der Waals surface area contributed by atoms with Crippen LogP contribution in [0.1, 0.15) is 43.5 Å². The number of amides is 1. The van der Waals surface area contributed by atoms with Crippen LogP contribution >= 0.6 is 0 Å². The van der Waals surface area contributed by atoms with Gasteiger partial charge in [-0.25, -0.2) is 0 Å². The average molecular weight is 301 g/mol. The fraction of sp³-hybridized carbons (Fsp3) is 0.632. The van der Waals surface area contributed by atoms with Crippen molar-refractivity contribution >= 4 is 5.91 Å². The van der Waals surface area contributed by atoms with Gasteiger partial charge in [0.05, 0.1) is 19.1 Å². The number of hydrogen-bond donors (Lipinski definition) is 1. The van der Waals surface area contributed by atoms with Gasteiger partial charge in [-0.1, -0.05) is 32.0 Å². The summed E-state index contributed by atoms with van der Waals surface area (Å²) in [5.74, 6) is 1.90. The molecule has 3 heteroatoms. The molecule has 1 aromatic carbocycles. The molecule has 0 spiro atoms. The molecule has 3 rings (SSSR count). The Morgan fingerprint density at radius 3 is 2.23 bits per heavy atom. The standard InChI is InChI=1S/C19H28N2O/c1-15-12-16(2)14-21(13-15)18-8-10-20(11-9-18)19(22)17-6-4-3-5-7-17/h3-7,15-16,18H,8-14H2,1-2H3/p+1/t15-,16-/m0/s1. The van der Waals surface area contributed by atoms with Gasteiger partial charge in [0.25, 0.3) is 5.91 Å². The van der Waals surface area contributed by atoms with Crippen molar-refractivity contribution in [2.45, 2.75) is 39.2 Å². The Balaban J connectivity index is 1.55. The van der Waals surface area contributed by atoms with Crippen molar-refractivity contribution in [1.82, 2.24) is 4.90 Å². The number of nitrogens with one attached hydrogen (secondary N) is 1. The van der Waals surface area contributed by atoms with Crippen molar-refractivity contribution in [3.63, 3.8) is 0 Å². The van der Waals surface area contributed by atoms with Crippen molar-refractivity contribution in [3.05, 3.63) is 35.9 Å². The first kappa shape index (κ1) is 15.5. The number of benzene rings is 1. The molecule has 2 aliphatic heterocycles. The second-order valence-corrected chi connectivity index (χ2v) is 7.45. The fourth-order valence-electron chi connectivity index (χ4n) is 4.42. The number of nitrogens with zero attached hydrogens (tertiary/aromatic N) is 1. The van der Waals surface area contributed by atoms with Crippen molar-refractivity contribution in [2.75, 3.05) is 26.2 Å². The smallest absolute Gasteiger partial charge is 0.253 e. The van der Waals surface area contributed by atoms with Gasteiger partial charge in [-0.05, 0) is 18.6 Å². The highest BCUT2D eigenvalue weighted by molar-refractivity contribution is 5.94. The molecule has 0 radical (unpaired) electrons. The molecule has 2 saturated heterocycles. The molecule has 0 bridgehead atoms. The first-order valence-corrected chi connectivity index (χ1v) is 8.82. The molecule has 22 heavy (non-hydrogen) atoms. The van der Waals surface area contributed by atoms with E-state index in [9.17, 15) is 4.79 Å². The summed E-state index contributed by atoms with van der Waals surface area (Å²) in [6.45, 7) is 9.27. The van der Waals surface area contributed by atoms with Crippen LogP contribution in [0, 0.1) is 11.8 Å². The van der Waals surface area contributed by atoms with Gasteiger partial charge in [-0.15, -0.1) is 0 Å². The zero-order chi connectivity index (χ0) is 15.5. The summed E-state index contributed by atoms with van der Waals surface area (Å²) in [6.07, 6.45) is 3.70. The van der Waals surface area contributed by atoms with Crippen LogP contribution in [0.3, 0.4) is 0 Å². The molecule has 2 atom stereocenters. The number of carbonyl (C=O) groups excluding carboxylic acids is 1. The number of piperidine rings is 2. The highest BCUT2D eigenvalue weighted by Gasteiger charge is 2.34. The maximum Gasteiger partial charge on any atom is 0.253 e. The highest BCUT2D eigenvalue weighted by atomic mass is 16.2. The predicted molar refractivity (Wildman–Crippen MR) is 89.0 cm³/mol. The van der Waals surface area contributed by atoms with Crippen LogP contribution in [-0.4, -0.2) is 43.0 Å². The Kier molecular flexibility index (Phi) is 4.82. The first-order chi connectivity index (χ1) is 10.6. The lowest BCUT2D eigenvalue weighted by Crippen LogP contribution is -3.18. The van der Waals surface area contributed by atoms with E-state index in [1.165, 1.54) is 19.5 Å². The third-order valence-corrected chi connectivity index (χ3v) is 5.41. The Morgan fingerprint density at radius 2 is 1.64 bits per heavy atom. The van der Waals surface area contributed by atoms with Crippen molar-refractivity contribution in [3.8, 4) is 0 Å². The second kappa shape index (κ2) is 6.82. The van der Waals surface area contributed by atoms with Crippen molar-refractivity contribution in [1.29, 1.82) is 0 Å². The van der Waals surface area contributed by atoms with Crippen LogP contribution in [-0.2, 0) is 0 Å². The summed E-state index contributed by atoms with van der Waals surface area (Å²) in [4.78, 5) is 16.3. The Hall–Kier alpha value is -1.35. The van der Waals surface area contributed by atoms with E-state index in [1.54, 1.807) is 4.90 Å². The van der Waals surface area contributed by atoms with Crippen LogP contribution in [0.4, 0.5) is 0 Å². The van der Waals surface area contributed by atoms with Crippen LogP contribution in [0.15, 0.2) is 30.3 Å². The van der Waals surface area contributed by atoms with E-state index in [0.717, 1.165) is 49.4 Å². The summed E-state index contributed by atoms with van der Waals surface area (Å²) in [6, 6.07) is 10.5. The molecular weight excluding hydrogens is 272 g/mol. The molecule has 0 aliphatic carbocycles. The molecule has 0 unspecified atom stereocenters. The Morgan fingerprint density at radius 1 is 1.05 bits per heavy atom. The molecule has 3 nitrogen and oxygen atoms in total. The maximum absolute atomic E-state index is 12.5. The van der Waals surface area contributed by atoms with E-state index in [0.29, 0.717) is 0 Å². The Labute approximate surface area is 134 Å². The normalized spacial score (nSPS) is 30.3. The third-order valence-electron chi connectivity index (χ3n) is 5.41. The molecule has 2 fully saturated rings. The molecule has 2 heterocycles. The van der Waals surface area contributed by atoms with Crippen molar-refractivity contribution in [2.24, 2.45) is 11.8 Å². The maximum atomic E-state index is 12.5. The number of likely N-dealkylation sites (tertiary alicyclic amines) is 2. The minimum atomic E-state index is 0.203. The number of quaternary nitrogens is 1. The monoisotopic (exact) mass is 301 g/mol. The van der Waals surface area contributed by atoms with E-state index >= 15 is 0 Å². The number of rotatable bonds is 2. The summed E-state index contributed by atoms with van der Waals surface area (Å²) in [5.41, 5.74) is 0.827. The molecule has 120 valence electrons. The Bertz CT molecular complexity index is 483. The number of hydrogen-bond acceptors (Lipinski definition) is 1. The molecule has 0 saturated carbocycles. The summed E-state index contributed by atoms with van der Waals surface area (Å²) in [7, 11) is 0. The molecule has 1 aromatic rings. The SMILES string of the molecule is C[C@H]1C[C@H](C)C[NH+](C2CCN(C(=O)c3ccccc3)CC2)C1. The largest absolute Gasteiger partial charge is 0.338 e. The topological polar surface area (TPSA) is 24.8 Å². The average Bonchev–Trinajstić information content (AvgIpc) is 2.54. The van der Waals surface area contributed by atoms with Crippen LogP contribution < -0.4 is 4.90 Å². The highest BCUT2D eigenvalue weighted by Crippen LogP contribution is 2.16. The molecule has 1 N–H and O–H groups in total. The van der Waals surface area contributed by atoms with Gasteiger partial charge in [0.15, 0.2) is 0 Å². The fourth-order valence-corrected chi connectivity index (χ4v) is 4.42. The lowest BCUT2D eigenvalue weighted by Gasteiger charge is -2.41. The summed E-state index contributed by atoms with van der Waals surface area (Å²) >= 11 is 0. The van der Waals surface area contributed by atoms with Crippen LogP contribution in [0.2, 0.25) is 0 Å². The molecule has 2 aliphatic rings. The van der Waals surface area contributed by atoms with E-state index in [4.69, 9.17) is 0 Å². The van der Waals surface area contributed by atoms with Gasteiger partial charge in [0.1, 0.15) is 0 Å². The predicted octanol–water partition coefficient (Wildman–Crippen LogP) is 1.85. The molecule has 1 amide bonds. The van der Waals surface area contributed by atoms with Gasteiger partial charge in [0, 0.05) is 43.3 Å². The minimum Gasteiger partial charge on any atom is -0.338 e. The first-order valence-electron chi connectivity index (χ1n) is 8.82. The van der Waals surface area contributed by atoms with Crippen LogP contribution in [0.5, 0.6) is 0 Å². The van der Waals surface area contributed by atoms with Gasteiger partial charge in [-0.3, -0.25) is 4.79 Å². The lowest BCUT2D eigenvalue weighted by atomic mass is 9.89. The lowest BCUT2D eigenvalue weighted by molar-refractivity contribution is -0.938.